The van der Waals surface area contributed by atoms with E-state index in [9.17, 15) is 18.3 Å². The molecule has 0 radical (unpaired) electrons. The number of nitrogen functional groups attached to an aromatic ring is 1. The summed E-state index contributed by atoms with van der Waals surface area (Å²) in [7, 11) is 0. The van der Waals surface area contributed by atoms with Gasteiger partial charge in [0.15, 0.2) is 0 Å². The molecule has 0 saturated carbocycles. The monoisotopic (exact) mass is 485 g/mol. The Morgan fingerprint density at radius 3 is 2.57 bits per heavy atom. The van der Waals surface area contributed by atoms with Crippen molar-refractivity contribution in [3.63, 3.8) is 0 Å². The second kappa shape index (κ2) is 8.26. The van der Waals surface area contributed by atoms with Crippen molar-refractivity contribution < 1.29 is 18.3 Å². The van der Waals surface area contributed by atoms with Crippen molar-refractivity contribution in [2.45, 2.75) is 64.3 Å². The maximum absolute atomic E-state index is 13.4. The van der Waals surface area contributed by atoms with Crippen molar-refractivity contribution in [3.8, 4) is 0 Å². The topological polar surface area (TPSA) is 87.3 Å². The maximum Gasteiger partial charge on any atom is 0.416 e. The number of nitrogens with two attached hydrogens (primary N) is 1. The first-order valence-electron chi connectivity index (χ1n) is 12.0. The van der Waals surface area contributed by atoms with E-state index in [1.165, 1.54) is 11.1 Å². The molecule has 1 aliphatic carbocycles. The lowest BCUT2D eigenvalue weighted by Crippen LogP contribution is -2.30. The van der Waals surface area contributed by atoms with Gasteiger partial charge in [-0.05, 0) is 87.4 Å². The Bertz CT molecular complexity index is 1300. The normalized spacial score (nSPS) is 20.9. The first kappa shape index (κ1) is 23.7. The third kappa shape index (κ3) is 4.49. The average molecular weight is 486 g/mol. The van der Waals surface area contributed by atoms with Gasteiger partial charge in [-0.2, -0.15) is 13.2 Å². The number of aromatic nitrogens is 2. The molecule has 5 rings (SSSR count). The molecule has 0 bridgehead atoms. The molecule has 6 nitrogen and oxygen atoms in total. The fraction of sp³-hybridized carbons (Fsp3) is 0.462. The van der Waals surface area contributed by atoms with Crippen LogP contribution < -0.4 is 16.0 Å². The molecule has 2 heterocycles. The van der Waals surface area contributed by atoms with Gasteiger partial charge in [0.1, 0.15) is 11.6 Å². The number of hydrogen-bond acceptors (Lipinski definition) is 6. The Hall–Kier alpha value is -3.07. The lowest BCUT2D eigenvalue weighted by atomic mass is 10.0. The molecule has 0 amide bonds. The lowest BCUT2D eigenvalue weighted by molar-refractivity contribution is -0.137. The van der Waals surface area contributed by atoms with Gasteiger partial charge in [0, 0.05) is 29.9 Å². The van der Waals surface area contributed by atoms with E-state index in [1.54, 1.807) is 13.0 Å². The van der Waals surface area contributed by atoms with E-state index in [0.717, 1.165) is 54.5 Å². The maximum atomic E-state index is 13.4. The number of halogens is 3. The summed E-state index contributed by atoms with van der Waals surface area (Å²) in [4.78, 5) is 11.6. The molecule has 35 heavy (non-hydrogen) atoms. The van der Waals surface area contributed by atoms with Crippen molar-refractivity contribution in [1.29, 1.82) is 0 Å². The standard InChI is InChI=1S/C26H30F3N5O/c1-14(16-9-17(26(27,28)29)11-18(30)10-16)31-24-21-12-22(34-8-7-25(3,35)13-34)19-5-4-6-20(19)23(21)32-15(2)33-24/h9-12,14,35H,4-8,13,30H2,1-3H3,(H,31,32,33)/t14-,25?/m1/s1. The number of hydrogen-bond donors (Lipinski definition) is 3. The van der Waals surface area contributed by atoms with Gasteiger partial charge in [-0.15, -0.1) is 0 Å². The summed E-state index contributed by atoms with van der Waals surface area (Å²) in [5, 5.41) is 14.7. The van der Waals surface area contributed by atoms with Gasteiger partial charge in [0.2, 0.25) is 0 Å². The molecule has 186 valence electrons. The van der Waals surface area contributed by atoms with E-state index in [0.29, 0.717) is 30.2 Å². The molecular formula is C26H30F3N5O. The molecule has 3 aromatic rings. The zero-order chi connectivity index (χ0) is 25.1. The van der Waals surface area contributed by atoms with E-state index >= 15 is 0 Å². The predicted molar refractivity (Wildman–Crippen MR) is 132 cm³/mol. The van der Waals surface area contributed by atoms with Crippen LogP contribution in [0.4, 0.5) is 30.4 Å². The Morgan fingerprint density at radius 1 is 1.14 bits per heavy atom. The number of alkyl halides is 3. The quantitative estimate of drug-likeness (QED) is 0.443. The summed E-state index contributed by atoms with van der Waals surface area (Å²) in [5.41, 5.74) is 9.24. The first-order chi connectivity index (χ1) is 16.4. The third-order valence-corrected chi connectivity index (χ3v) is 7.10. The molecule has 2 atom stereocenters. The zero-order valence-electron chi connectivity index (χ0n) is 20.1. The zero-order valence-corrected chi connectivity index (χ0v) is 20.1. The van der Waals surface area contributed by atoms with Crippen LogP contribution in [0.3, 0.4) is 0 Å². The molecular weight excluding hydrogens is 455 g/mol. The summed E-state index contributed by atoms with van der Waals surface area (Å²) in [6, 6.07) is 5.23. The molecule has 0 spiro atoms. The molecule has 2 aromatic carbocycles. The van der Waals surface area contributed by atoms with Gasteiger partial charge < -0.3 is 21.1 Å². The first-order valence-corrected chi connectivity index (χ1v) is 12.0. The Balaban J connectivity index is 1.58. The number of benzene rings is 2. The van der Waals surface area contributed by atoms with Gasteiger partial charge >= 0.3 is 6.18 Å². The van der Waals surface area contributed by atoms with Crippen LogP contribution in [0.15, 0.2) is 24.3 Å². The van der Waals surface area contributed by atoms with Crippen LogP contribution in [0.5, 0.6) is 0 Å². The number of aliphatic hydroxyl groups is 1. The van der Waals surface area contributed by atoms with Crippen molar-refractivity contribution in [2.24, 2.45) is 0 Å². The third-order valence-electron chi connectivity index (χ3n) is 7.10. The molecule has 1 unspecified atom stereocenters. The molecule has 1 aliphatic heterocycles. The molecule has 1 fully saturated rings. The summed E-state index contributed by atoms with van der Waals surface area (Å²) in [6.07, 6.45) is -0.861. The highest BCUT2D eigenvalue weighted by molar-refractivity contribution is 5.96. The van der Waals surface area contributed by atoms with Crippen LogP contribution in [0.25, 0.3) is 10.9 Å². The predicted octanol–water partition coefficient (Wildman–Crippen LogP) is 5.16. The van der Waals surface area contributed by atoms with Crippen molar-refractivity contribution in [2.75, 3.05) is 29.0 Å². The smallest absolute Gasteiger partial charge is 0.399 e. The minimum Gasteiger partial charge on any atom is -0.399 e. The number of nitrogens with zero attached hydrogens (tertiary/aromatic N) is 3. The second-order valence-corrected chi connectivity index (χ2v) is 10.1. The van der Waals surface area contributed by atoms with Crippen molar-refractivity contribution >= 4 is 28.1 Å². The van der Waals surface area contributed by atoms with E-state index in [-0.39, 0.29) is 5.69 Å². The van der Waals surface area contributed by atoms with E-state index < -0.39 is 23.4 Å². The highest BCUT2D eigenvalue weighted by Crippen LogP contribution is 2.41. The van der Waals surface area contributed by atoms with Gasteiger partial charge in [0.05, 0.1) is 22.7 Å². The fourth-order valence-corrected chi connectivity index (χ4v) is 5.38. The van der Waals surface area contributed by atoms with Gasteiger partial charge in [-0.3, -0.25) is 0 Å². The Labute approximate surface area is 202 Å². The number of rotatable bonds is 4. The minimum absolute atomic E-state index is 0.0633. The van der Waals surface area contributed by atoms with Crippen LogP contribution in [0.2, 0.25) is 0 Å². The molecule has 1 saturated heterocycles. The SMILES string of the molecule is Cc1nc(N[C@H](C)c2cc(N)cc(C(F)(F)F)c2)c2cc(N3CCC(C)(O)C3)c3c(c2n1)CCC3. The summed E-state index contributed by atoms with van der Waals surface area (Å²) >= 11 is 0. The molecule has 9 heteroatoms. The summed E-state index contributed by atoms with van der Waals surface area (Å²) < 4.78 is 40.1. The molecule has 2 aliphatic rings. The molecule has 1 aromatic heterocycles. The van der Waals surface area contributed by atoms with Crippen LogP contribution >= 0.6 is 0 Å². The van der Waals surface area contributed by atoms with E-state index in [4.69, 9.17) is 10.7 Å². The highest BCUT2D eigenvalue weighted by atomic mass is 19.4. The second-order valence-electron chi connectivity index (χ2n) is 10.1. The van der Waals surface area contributed by atoms with Crippen LogP contribution in [0, 0.1) is 6.92 Å². The van der Waals surface area contributed by atoms with Gasteiger partial charge in [-0.25, -0.2) is 9.97 Å². The van der Waals surface area contributed by atoms with Crippen molar-refractivity contribution in [1.82, 2.24) is 9.97 Å². The largest absolute Gasteiger partial charge is 0.416 e. The van der Waals surface area contributed by atoms with Crippen LogP contribution in [0.1, 0.15) is 60.8 Å². The van der Waals surface area contributed by atoms with E-state index in [1.807, 2.05) is 13.8 Å². The number of aryl methyl sites for hydroxylation is 2. The molecule has 4 N–H and O–H groups in total. The van der Waals surface area contributed by atoms with Gasteiger partial charge in [0.25, 0.3) is 0 Å². The number of anilines is 3. The van der Waals surface area contributed by atoms with Crippen LogP contribution in [-0.4, -0.2) is 33.8 Å². The highest BCUT2D eigenvalue weighted by Gasteiger charge is 2.34. The lowest BCUT2D eigenvalue weighted by Gasteiger charge is -2.25. The van der Waals surface area contributed by atoms with Gasteiger partial charge in [-0.1, -0.05) is 0 Å². The van der Waals surface area contributed by atoms with E-state index in [2.05, 4.69) is 21.3 Å². The average Bonchev–Trinajstić information content (AvgIpc) is 3.39. The van der Waals surface area contributed by atoms with Crippen molar-refractivity contribution in [3.05, 3.63) is 52.3 Å². The number of β-amino-alcohol motifs (C(OH)–C–C–N with tert-alkyl or cyclic N) is 1. The summed E-state index contributed by atoms with van der Waals surface area (Å²) in [6.45, 7) is 6.80. The number of nitrogens with one attached hydrogen (secondary N) is 1. The number of fused-ring (bicyclic) bond motifs is 3. The Kier molecular flexibility index (Phi) is 5.58. The fourth-order valence-electron chi connectivity index (χ4n) is 5.38. The van der Waals surface area contributed by atoms with Crippen LogP contribution in [-0.2, 0) is 19.0 Å². The Morgan fingerprint density at radius 2 is 1.89 bits per heavy atom. The summed E-state index contributed by atoms with van der Waals surface area (Å²) in [5.74, 6) is 1.18. The minimum atomic E-state index is -4.48.